The molecule has 0 aromatic rings. The summed E-state index contributed by atoms with van der Waals surface area (Å²) in [6.07, 6.45) is 0. The third kappa shape index (κ3) is 833. The summed E-state index contributed by atoms with van der Waals surface area (Å²) in [6, 6.07) is 0. The van der Waals surface area contributed by atoms with Crippen molar-refractivity contribution in [2.45, 2.75) is 0 Å². The van der Waals surface area contributed by atoms with Crippen LogP contribution in [0.25, 0.3) is 0 Å². The monoisotopic (exact) mass is 204 g/mol. The fourth-order valence-electron chi connectivity index (χ4n) is 0. The summed E-state index contributed by atoms with van der Waals surface area (Å²) >= 11 is 0. The molecular weight excluding hydrogens is 205 g/mol. The number of rotatable bonds is 0. The molecule has 0 rings (SSSR count). The Labute approximate surface area is 55.6 Å². The third-order valence-electron chi connectivity index (χ3n) is 0. The maximum absolute atomic E-state index is 8.25. The first-order valence-electron chi connectivity index (χ1n) is 0.548. The van der Waals surface area contributed by atoms with E-state index in [-0.39, 0.29) is 34.8 Å². The summed E-state index contributed by atoms with van der Waals surface area (Å²) in [7, 11) is 0. The summed E-state index contributed by atoms with van der Waals surface area (Å²) in [5.41, 5.74) is 0. The molecule has 0 aromatic carbocycles. The van der Waals surface area contributed by atoms with Crippen LogP contribution in [0.15, 0.2) is 0 Å². The Morgan fingerprint density at radius 2 is 1.33 bits per heavy atom. The molecule has 0 unspecified atom stereocenters. The van der Waals surface area contributed by atoms with Gasteiger partial charge in [0.05, 0.1) is 5.09 Å². The topological polar surface area (TPSA) is 66.2 Å². The van der Waals surface area contributed by atoms with Crippen molar-refractivity contribution in [1.82, 2.24) is 0 Å². The number of hydrogen-bond acceptors (Lipinski definition) is 3. The molecule has 0 aliphatic carbocycles. The van der Waals surface area contributed by atoms with Crippen LogP contribution in [0.1, 0.15) is 0 Å². The predicted octanol–water partition coefficient (Wildman–Crippen LogP) is -3.24. The van der Waals surface area contributed by atoms with Gasteiger partial charge in [0.25, 0.3) is 0 Å². The van der Waals surface area contributed by atoms with E-state index in [9.17, 15) is 0 Å². The van der Waals surface area contributed by atoms with E-state index < -0.39 is 5.09 Å². The minimum absolute atomic E-state index is 0. The van der Waals surface area contributed by atoms with Crippen molar-refractivity contribution >= 4 is 0 Å². The molecule has 0 amide bonds. The molecule has 4 nitrogen and oxygen atoms in total. The van der Waals surface area contributed by atoms with Crippen molar-refractivity contribution in [2.75, 3.05) is 0 Å². The second-order valence-corrected chi connectivity index (χ2v) is 0.224. The smallest absolute Gasteiger partial charge is 0.0689 e. The average Bonchev–Trinajstić information content (AvgIpc) is 0.811. The van der Waals surface area contributed by atoms with Crippen LogP contribution in [-0.2, 0) is 22.4 Å². The minimum atomic E-state index is -1.75. The van der Waals surface area contributed by atoms with Gasteiger partial charge in [-0.3, -0.25) is 0 Å². The second kappa shape index (κ2) is 8.97. The normalized spacial score (nSPS) is 4.00. The van der Waals surface area contributed by atoms with Gasteiger partial charge in [-0.1, -0.05) is 0 Å². The van der Waals surface area contributed by atoms with Crippen LogP contribution >= 0.6 is 0 Å². The van der Waals surface area contributed by atoms with Crippen LogP contribution in [-0.4, -0.2) is 5.09 Å². The molecule has 0 heterocycles. The van der Waals surface area contributed by atoms with Crippen LogP contribution in [0, 0.1) is 15.3 Å². The molecule has 0 atom stereocenters. The predicted molar refractivity (Wildman–Crippen MR) is 10.4 cm³/mol. The zero-order chi connectivity index (χ0) is 3.58. The van der Waals surface area contributed by atoms with Crippen molar-refractivity contribution in [2.24, 2.45) is 0 Å². The SMILES string of the molecule is O=[N+]([O-])[O-].[Ag].[Cl-]. The first-order valence-corrected chi connectivity index (χ1v) is 0.548. The standard InChI is InChI=1S/Ag.ClH.NO3/c;;2-1(3)4/h;1H;/q;;-1/p-1. The average molecular weight is 205 g/mol. The van der Waals surface area contributed by atoms with Crippen molar-refractivity contribution in [3.8, 4) is 0 Å². The minimum Gasteiger partial charge on any atom is -1.00 e. The molecule has 6 heavy (non-hydrogen) atoms. The van der Waals surface area contributed by atoms with Crippen LogP contribution in [0.3, 0.4) is 0 Å². The fourth-order valence-corrected chi connectivity index (χ4v) is 0. The molecule has 0 saturated carbocycles. The Morgan fingerprint density at radius 3 is 1.33 bits per heavy atom. The first kappa shape index (κ1) is 16.3. The van der Waals surface area contributed by atoms with Gasteiger partial charge >= 0.3 is 0 Å². The molecule has 0 aromatic heterocycles. The van der Waals surface area contributed by atoms with Gasteiger partial charge in [-0.25, -0.2) is 0 Å². The molecule has 0 N–H and O–H groups in total. The Hall–Kier alpha value is 0.230. The summed E-state index contributed by atoms with van der Waals surface area (Å²) in [6.45, 7) is 0. The van der Waals surface area contributed by atoms with Gasteiger partial charge in [0.15, 0.2) is 0 Å². The van der Waals surface area contributed by atoms with Gasteiger partial charge in [0.1, 0.15) is 0 Å². The molecule has 43 valence electrons. The Morgan fingerprint density at radius 1 is 1.33 bits per heavy atom. The van der Waals surface area contributed by atoms with Crippen LogP contribution in [0.2, 0.25) is 0 Å². The third-order valence-corrected chi connectivity index (χ3v) is 0. The van der Waals surface area contributed by atoms with Crippen LogP contribution < -0.4 is 12.4 Å². The van der Waals surface area contributed by atoms with E-state index in [1.54, 1.807) is 0 Å². The van der Waals surface area contributed by atoms with Crippen molar-refractivity contribution < 1.29 is 39.9 Å². The molecule has 0 fully saturated rings. The zero-order valence-corrected chi connectivity index (χ0v) is 4.59. The summed E-state index contributed by atoms with van der Waals surface area (Å²) in [5, 5.41) is 14.8. The summed E-state index contributed by atoms with van der Waals surface area (Å²) < 4.78 is 0. The van der Waals surface area contributed by atoms with E-state index >= 15 is 0 Å². The quantitative estimate of drug-likeness (QED) is 0.237. The fraction of sp³-hybridized carbons (Fsp3) is 0. The molecular formula is AgClNO3-2. The number of hydrogen-bond donors (Lipinski definition) is 0. The largest absolute Gasteiger partial charge is 1.00 e. The van der Waals surface area contributed by atoms with Crippen LogP contribution in [0.5, 0.6) is 0 Å². The van der Waals surface area contributed by atoms with E-state index in [0.29, 0.717) is 0 Å². The van der Waals surface area contributed by atoms with E-state index in [1.807, 2.05) is 0 Å². The zero-order valence-electron chi connectivity index (χ0n) is 2.35. The van der Waals surface area contributed by atoms with Gasteiger partial charge in [-0.15, -0.1) is 0 Å². The van der Waals surface area contributed by atoms with E-state index in [1.165, 1.54) is 0 Å². The maximum atomic E-state index is 8.25. The van der Waals surface area contributed by atoms with Crippen molar-refractivity contribution in [3.63, 3.8) is 0 Å². The van der Waals surface area contributed by atoms with Gasteiger partial charge in [0, 0.05) is 22.4 Å². The van der Waals surface area contributed by atoms with Gasteiger partial charge < -0.3 is 27.7 Å². The van der Waals surface area contributed by atoms with E-state index in [0.717, 1.165) is 0 Å². The van der Waals surface area contributed by atoms with Crippen molar-refractivity contribution in [1.29, 1.82) is 0 Å². The van der Waals surface area contributed by atoms with Gasteiger partial charge in [-0.05, 0) is 0 Å². The number of nitrogens with zero attached hydrogens (tertiary/aromatic N) is 1. The summed E-state index contributed by atoms with van der Waals surface area (Å²) in [5.74, 6) is 0. The molecule has 0 spiro atoms. The molecule has 6 heteroatoms. The van der Waals surface area contributed by atoms with E-state index in [4.69, 9.17) is 15.3 Å². The Bertz CT molecular complexity index is 33.8. The molecule has 0 bridgehead atoms. The Balaban J connectivity index is -0.0000000450. The van der Waals surface area contributed by atoms with Crippen molar-refractivity contribution in [3.05, 3.63) is 15.3 Å². The molecule has 0 saturated heterocycles. The first-order chi connectivity index (χ1) is 1.73. The van der Waals surface area contributed by atoms with Gasteiger partial charge in [-0.2, -0.15) is 0 Å². The van der Waals surface area contributed by atoms with E-state index in [2.05, 4.69) is 0 Å². The Kier molecular flexibility index (Phi) is 24.4. The van der Waals surface area contributed by atoms with Crippen LogP contribution in [0.4, 0.5) is 0 Å². The molecule has 0 aliphatic rings. The number of halogens is 1. The summed E-state index contributed by atoms with van der Waals surface area (Å²) in [4.78, 5) is 8.25. The second-order valence-electron chi connectivity index (χ2n) is 0.224. The maximum Gasteiger partial charge on any atom is 0.0689 e. The molecule has 0 aliphatic heterocycles. The van der Waals surface area contributed by atoms with Gasteiger partial charge in [0.2, 0.25) is 0 Å². The molecule has 1 radical (unpaired) electrons.